The summed E-state index contributed by atoms with van der Waals surface area (Å²) in [4.78, 5) is 14.3. The van der Waals surface area contributed by atoms with Gasteiger partial charge in [0.2, 0.25) is 0 Å². The number of methoxy groups -OCH3 is 1. The number of aromatic carboxylic acids is 1. The van der Waals surface area contributed by atoms with Crippen molar-refractivity contribution in [2.24, 2.45) is 5.92 Å². The average molecular weight is 199 g/mol. The topological polar surface area (TPSA) is 72.6 Å². The minimum atomic E-state index is -1.06. The number of aromatic nitrogens is 1. The van der Waals surface area contributed by atoms with Gasteiger partial charge in [0.1, 0.15) is 5.76 Å². The predicted octanol–water partition coefficient (Wildman–Crippen LogP) is 1.20. The Labute approximate surface area is 81.7 Å². The summed E-state index contributed by atoms with van der Waals surface area (Å²) in [6, 6.07) is 0. The lowest BCUT2D eigenvalue weighted by Crippen LogP contribution is -2.09. The Hall–Kier alpha value is -1.36. The van der Waals surface area contributed by atoms with Crippen molar-refractivity contribution in [1.29, 1.82) is 0 Å². The van der Waals surface area contributed by atoms with Crippen LogP contribution >= 0.6 is 0 Å². The van der Waals surface area contributed by atoms with E-state index in [0.717, 1.165) is 6.39 Å². The molecule has 0 aliphatic rings. The molecule has 0 spiro atoms. The molecule has 5 heteroatoms. The van der Waals surface area contributed by atoms with Crippen molar-refractivity contribution in [2.45, 2.75) is 13.3 Å². The normalized spacial score (nSPS) is 12.7. The zero-order chi connectivity index (χ0) is 10.6. The molecule has 0 saturated heterocycles. The van der Waals surface area contributed by atoms with E-state index in [2.05, 4.69) is 4.98 Å². The Bertz CT molecular complexity index is 308. The molecule has 0 bridgehead atoms. The Morgan fingerprint density at radius 3 is 3.07 bits per heavy atom. The van der Waals surface area contributed by atoms with E-state index in [1.165, 1.54) is 0 Å². The van der Waals surface area contributed by atoms with E-state index >= 15 is 0 Å². The number of oxazole rings is 1. The molecule has 78 valence electrons. The summed E-state index contributed by atoms with van der Waals surface area (Å²) in [6.07, 6.45) is 1.67. The summed E-state index contributed by atoms with van der Waals surface area (Å²) < 4.78 is 9.94. The number of rotatable bonds is 5. The number of carboxylic acid groups (broad SMARTS) is 1. The molecule has 0 amide bonds. The van der Waals surface area contributed by atoms with Gasteiger partial charge in [-0.05, 0) is 5.92 Å². The second-order valence-electron chi connectivity index (χ2n) is 3.19. The van der Waals surface area contributed by atoms with Crippen LogP contribution in [-0.4, -0.2) is 29.8 Å². The van der Waals surface area contributed by atoms with Crippen molar-refractivity contribution in [3.63, 3.8) is 0 Å². The maximum absolute atomic E-state index is 10.7. The molecule has 0 radical (unpaired) electrons. The van der Waals surface area contributed by atoms with Gasteiger partial charge in [0.25, 0.3) is 0 Å². The van der Waals surface area contributed by atoms with Crippen LogP contribution in [0.5, 0.6) is 0 Å². The van der Waals surface area contributed by atoms with E-state index in [-0.39, 0.29) is 11.6 Å². The van der Waals surface area contributed by atoms with Crippen LogP contribution in [0.1, 0.15) is 23.2 Å². The molecule has 1 aromatic heterocycles. The summed E-state index contributed by atoms with van der Waals surface area (Å²) in [5.41, 5.74) is -0.00652. The molecular formula is C9H13NO4. The fourth-order valence-corrected chi connectivity index (χ4v) is 1.25. The van der Waals surface area contributed by atoms with E-state index in [0.29, 0.717) is 18.8 Å². The lowest BCUT2D eigenvalue weighted by Gasteiger charge is -2.07. The Balaban J connectivity index is 2.66. The summed E-state index contributed by atoms with van der Waals surface area (Å²) in [5, 5.41) is 8.74. The lowest BCUT2D eigenvalue weighted by molar-refractivity contribution is 0.0687. The Morgan fingerprint density at radius 1 is 1.79 bits per heavy atom. The molecule has 0 aliphatic heterocycles. The van der Waals surface area contributed by atoms with Crippen molar-refractivity contribution >= 4 is 5.97 Å². The van der Waals surface area contributed by atoms with E-state index < -0.39 is 5.97 Å². The third-order valence-electron chi connectivity index (χ3n) is 1.83. The highest BCUT2D eigenvalue weighted by atomic mass is 16.5. The first-order valence-electron chi connectivity index (χ1n) is 4.29. The lowest BCUT2D eigenvalue weighted by atomic mass is 10.1. The monoisotopic (exact) mass is 199 g/mol. The second kappa shape index (κ2) is 4.76. The highest BCUT2D eigenvalue weighted by molar-refractivity contribution is 5.86. The first kappa shape index (κ1) is 10.7. The smallest absolute Gasteiger partial charge is 0.358 e. The molecular weight excluding hydrogens is 186 g/mol. The van der Waals surface area contributed by atoms with Crippen LogP contribution in [0, 0.1) is 5.92 Å². The van der Waals surface area contributed by atoms with Crippen LogP contribution in [0.3, 0.4) is 0 Å². The van der Waals surface area contributed by atoms with Gasteiger partial charge in [-0.15, -0.1) is 0 Å². The van der Waals surface area contributed by atoms with E-state index in [1.807, 2.05) is 6.92 Å². The first-order chi connectivity index (χ1) is 6.65. The highest BCUT2D eigenvalue weighted by Gasteiger charge is 2.17. The van der Waals surface area contributed by atoms with Gasteiger partial charge >= 0.3 is 5.97 Å². The predicted molar refractivity (Wildman–Crippen MR) is 48.2 cm³/mol. The van der Waals surface area contributed by atoms with Crippen LogP contribution in [0.2, 0.25) is 0 Å². The molecule has 1 rings (SSSR count). The number of nitrogens with zero attached hydrogens (tertiary/aromatic N) is 1. The summed E-state index contributed by atoms with van der Waals surface area (Å²) in [5.74, 6) is -0.438. The van der Waals surface area contributed by atoms with Crippen LogP contribution in [0.4, 0.5) is 0 Å². The average Bonchev–Trinajstić information content (AvgIpc) is 2.52. The molecule has 0 aromatic carbocycles. The third-order valence-corrected chi connectivity index (χ3v) is 1.83. The summed E-state index contributed by atoms with van der Waals surface area (Å²) in [6.45, 7) is 2.53. The Kier molecular flexibility index (Phi) is 3.64. The molecule has 1 heterocycles. The van der Waals surface area contributed by atoms with Gasteiger partial charge < -0.3 is 14.3 Å². The second-order valence-corrected chi connectivity index (χ2v) is 3.19. The zero-order valence-corrected chi connectivity index (χ0v) is 8.19. The van der Waals surface area contributed by atoms with Crippen molar-refractivity contribution in [1.82, 2.24) is 4.98 Å². The molecule has 0 saturated carbocycles. The largest absolute Gasteiger partial charge is 0.476 e. The van der Waals surface area contributed by atoms with Crippen LogP contribution in [-0.2, 0) is 11.2 Å². The number of hydrogen-bond donors (Lipinski definition) is 1. The minimum Gasteiger partial charge on any atom is -0.476 e. The SMILES string of the molecule is COCC(C)Cc1ocnc1C(=O)O. The Morgan fingerprint density at radius 2 is 2.50 bits per heavy atom. The molecule has 14 heavy (non-hydrogen) atoms. The van der Waals surface area contributed by atoms with Crippen LogP contribution in [0.25, 0.3) is 0 Å². The summed E-state index contributed by atoms with van der Waals surface area (Å²) >= 11 is 0. The number of carbonyl (C=O) groups is 1. The first-order valence-corrected chi connectivity index (χ1v) is 4.29. The third kappa shape index (κ3) is 2.56. The minimum absolute atomic E-state index is 0.00652. The van der Waals surface area contributed by atoms with Crippen LogP contribution in [0.15, 0.2) is 10.8 Å². The van der Waals surface area contributed by atoms with Gasteiger partial charge in [-0.3, -0.25) is 0 Å². The number of carboxylic acids is 1. The molecule has 1 aromatic rings. The fourth-order valence-electron chi connectivity index (χ4n) is 1.25. The zero-order valence-electron chi connectivity index (χ0n) is 8.19. The van der Waals surface area contributed by atoms with Crippen molar-refractivity contribution in [3.05, 3.63) is 17.8 Å². The maximum Gasteiger partial charge on any atom is 0.358 e. The molecule has 1 unspecified atom stereocenters. The highest BCUT2D eigenvalue weighted by Crippen LogP contribution is 2.13. The summed E-state index contributed by atoms with van der Waals surface area (Å²) in [7, 11) is 1.61. The van der Waals surface area contributed by atoms with Crippen molar-refractivity contribution < 1.29 is 19.1 Å². The van der Waals surface area contributed by atoms with Gasteiger partial charge in [0, 0.05) is 20.1 Å². The van der Waals surface area contributed by atoms with Gasteiger partial charge in [-0.25, -0.2) is 9.78 Å². The van der Waals surface area contributed by atoms with E-state index in [4.69, 9.17) is 14.3 Å². The van der Waals surface area contributed by atoms with E-state index in [1.54, 1.807) is 7.11 Å². The molecule has 5 nitrogen and oxygen atoms in total. The van der Waals surface area contributed by atoms with Crippen LogP contribution < -0.4 is 0 Å². The van der Waals surface area contributed by atoms with E-state index in [9.17, 15) is 4.79 Å². The number of hydrogen-bond acceptors (Lipinski definition) is 4. The molecule has 0 aliphatic carbocycles. The molecule has 1 N–H and O–H groups in total. The van der Waals surface area contributed by atoms with Gasteiger partial charge in [0.05, 0.1) is 0 Å². The molecule has 0 fully saturated rings. The maximum atomic E-state index is 10.7. The number of ether oxygens (including phenoxy) is 1. The van der Waals surface area contributed by atoms with Gasteiger partial charge in [0.15, 0.2) is 12.1 Å². The van der Waals surface area contributed by atoms with Crippen molar-refractivity contribution in [3.8, 4) is 0 Å². The quantitative estimate of drug-likeness (QED) is 0.771. The van der Waals surface area contributed by atoms with Gasteiger partial charge in [-0.1, -0.05) is 6.92 Å². The van der Waals surface area contributed by atoms with Crippen molar-refractivity contribution in [2.75, 3.05) is 13.7 Å². The molecule has 1 atom stereocenters. The van der Waals surface area contributed by atoms with Gasteiger partial charge in [-0.2, -0.15) is 0 Å². The fraction of sp³-hybridized carbons (Fsp3) is 0.556. The standard InChI is InChI=1S/C9H13NO4/c1-6(4-13-2)3-7-8(9(11)12)10-5-14-7/h5-6H,3-4H2,1-2H3,(H,11,12).